The summed E-state index contributed by atoms with van der Waals surface area (Å²) in [6, 6.07) is 16.6. The van der Waals surface area contributed by atoms with E-state index in [0.29, 0.717) is 5.75 Å². The molecule has 1 fully saturated rings. The Morgan fingerprint density at radius 3 is 2.61 bits per heavy atom. The number of anilines is 1. The molecule has 0 unspecified atom stereocenters. The van der Waals surface area contributed by atoms with Crippen LogP contribution in [-0.2, 0) is 9.59 Å². The lowest BCUT2D eigenvalue weighted by molar-refractivity contribution is -0.127. The third-order valence-corrected chi connectivity index (χ3v) is 5.62. The zero-order valence-electron chi connectivity index (χ0n) is 16.4. The molecule has 1 heterocycles. The standard InChI is InChI=1S/C23H17FN2O4S/c1-30-19-10-9-14(17-7-2-3-8-18(17)19)11-20-22(28)26(23(29)31-20)13-21(27)25-16-6-4-5-15(24)12-16/h2-12H,13H2,1H3,(H,25,27)/b20-11+. The van der Waals surface area contributed by atoms with Crippen LogP contribution in [0.3, 0.4) is 0 Å². The number of thioether (sulfide) groups is 1. The summed E-state index contributed by atoms with van der Waals surface area (Å²) in [6.45, 7) is -0.456. The average Bonchev–Trinajstić information content (AvgIpc) is 3.01. The lowest BCUT2D eigenvalue weighted by Crippen LogP contribution is -2.36. The molecule has 1 N–H and O–H groups in total. The molecular weight excluding hydrogens is 419 g/mol. The van der Waals surface area contributed by atoms with Crippen LogP contribution < -0.4 is 10.1 Å². The first-order valence-corrected chi connectivity index (χ1v) is 10.1. The van der Waals surface area contributed by atoms with Gasteiger partial charge in [-0.1, -0.05) is 36.4 Å². The van der Waals surface area contributed by atoms with E-state index in [0.717, 1.165) is 39.1 Å². The van der Waals surface area contributed by atoms with Crippen LogP contribution in [0.15, 0.2) is 65.6 Å². The topological polar surface area (TPSA) is 75.7 Å². The van der Waals surface area contributed by atoms with Crippen molar-refractivity contribution in [3.63, 3.8) is 0 Å². The van der Waals surface area contributed by atoms with Gasteiger partial charge in [0, 0.05) is 11.1 Å². The van der Waals surface area contributed by atoms with E-state index in [9.17, 15) is 18.8 Å². The molecule has 0 aromatic heterocycles. The molecule has 0 spiro atoms. The maximum Gasteiger partial charge on any atom is 0.294 e. The van der Waals surface area contributed by atoms with Crippen molar-refractivity contribution in [2.45, 2.75) is 0 Å². The van der Waals surface area contributed by atoms with E-state index in [4.69, 9.17) is 4.74 Å². The van der Waals surface area contributed by atoms with Gasteiger partial charge >= 0.3 is 0 Å². The summed E-state index contributed by atoms with van der Waals surface area (Å²) in [5, 5.41) is 3.70. The van der Waals surface area contributed by atoms with Gasteiger partial charge in [-0.3, -0.25) is 19.3 Å². The first kappa shape index (κ1) is 20.6. The van der Waals surface area contributed by atoms with Crippen LogP contribution in [0.5, 0.6) is 5.75 Å². The maximum absolute atomic E-state index is 13.3. The molecular formula is C23H17FN2O4S. The summed E-state index contributed by atoms with van der Waals surface area (Å²) in [5.41, 5.74) is 1.00. The van der Waals surface area contributed by atoms with Gasteiger partial charge in [-0.15, -0.1) is 0 Å². The minimum Gasteiger partial charge on any atom is -0.496 e. The predicted molar refractivity (Wildman–Crippen MR) is 118 cm³/mol. The van der Waals surface area contributed by atoms with Crippen LogP contribution >= 0.6 is 11.8 Å². The number of hydrogen-bond donors (Lipinski definition) is 1. The van der Waals surface area contributed by atoms with Crippen molar-refractivity contribution in [1.29, 1.82) is 0 Å². The zero-order valence-corrected chi connectivity index (χ0v) is 17.2. The second-order valence-corrected chi connectivity index (χ2v) is 7.72. The number of nitrogens with one attached hydrogen (secondary N) is 1. The SMILES string of the molecule is COc1ccc(/C=C2/SC(=O)N(CC(=O)Nc3cccc(F)c3)C2=O)c2ccccc12. The normalized spacial score (nSPS) is 15.0. The van der Waals surface area contributed by atoms with Crippen LogP contribution in [0, 0.1) is 5.82 Å². The van der Waals surface area contributed by atoms with Gasteiger partial charge < -0.3 is 10.1 Å². The van der Waals surface area contributed by atoms with Crippen LogP contribution in [0.25, 0.3) is 16.8 Å². The number of rotatable bonds is 5. The number of carbonyl (C=O) groups excluding carboxylic acids is 3. The number of ether oxygens (including phenoxy) is 1. The highest BCUT2D eigenvalue weighted by atomic mass is 32.2. The predicted octanol–water partition coefficient (Wildman–Crippen LogP) is 4.66. The Hall–Kier alpha value is -3.65. The van der Waals surface area contributed by atoms with Crippen LogP contribution in [0.2, 0.25) is 0 Å². The first-order valence-electron chi connectivity index (χ1n) is 9.33. The van der Waals surface area contributed by atoms with Gasteiger partial charge in [0.15, 0.2) is 0 Å². The van der Waals surface area contributed by atoms with Crippen molar-refractivity contribution in [2.75, 3.05) is 19.0 Å². The fourth-order valence-corrected chi connectivity index (χ4v) is 4.12. The summed E-state index contributed by atoms with van der Waals surface area (Å²) in [7, 11) is 1.58. The molecule has 6 nitrogen and oxygen atoms in total. The van der Waals surface area contributed by atoms with Gasteiger partial charge in [0.25, 0.3) is 11.1 Å². The third-order valence-electron chi connectivity index (χ3n) is 4.71. The largest absolute Gasteiger partial charge is 0.496 e. The van der Waals surface area contributed by atoms with E-state index in [-0.39, 0.29) is 10.6 Å². The number of halogens is 1. The molecule has 3 aromatic carbocycles. The van der Waals surface area contributed by atoms with Gasteiger partial charge in [0.05, 0.1) is 12.0 Å². The molecule has 0 bridgehead atoms. The Balaban J connectivity index is 1.55. The smallest absolute Gasteiger partial charge is 0.294 e. The minimum absolute atomic E-state index is 0.221. The molecule has 4 rings (SSSR count). The molecule has 1 aliphatic heterocycles. The molecule has 156 valence electrons. The van der Waals surface area contributed by atoms with Crippen molar-refractivity contribution in [2.24, 2.45) is 0 Å². The average molecular weight is 436 g/mol. The second kappa shape index (κ2) is 8.61. The molecule has 1 saturated heterocycles. The van der Waals surface area contributed by atoms with Crippen molar-refractivity contribution < 1.29 is 23.5 Å². The number of imide groups is 1. The number of nitrogens with zero attached hydrogens (tertiary/aromatic N) is 1. The first-order chi connectivity index (χ1) is 15.0. The van der Waals surface area contributed by atoms with E-state index in [1.54, 1.807) is 19.3 Å². The van der Waals surface area contributed by atoms with E-state index in [1.165, 1.54) is 18.2 Å². The lowest BCUT2D eigenvalue weighted by Gasteiger charge is -2.12. The highest BCUT2D eigenvalue weighted by Gasteiger charge is 2.36. The van der Waals surface area contributed by atoms with Gasteiger partial charge in [-0.05, 0) is 53.1 Å². The minimum atomic E-state index is -0.593. The molecule has 31 heavy (non-hydrogen) atoms. The maximum atomic E-state index is 13.3. The Morgan fingerprint density at radius 1 is 1.10 bits per heavy atom. The Labute approximate surface area is 181 Å². The monoisotopic (exact) mass is 436 g/mol. The Kier molecular flexibility index (Phi) is 5.73. The molecule has 0 saturated carbocycles. The third kappa shape index (κ3) is 4.29. The zero-order chi connectivity index (χ0) is 22.0. The highest BCUT2D eigenvalue weighted by Crippen LogP contribution is 2.35. The fourth-order valence-electron chi connectivity index (χ4n) is 3.29. The van der Waals surface area contributed by atoms with Gasteiger partial charge in [-0.25, -0.2) is 4.39 Å². The van der Waals surface area contributed by atoms with Crippen LogP contribution in [0.1, 0.15) is 5.56 Å². The number of amides is 3. The summed E-state index contributed by atoms with van der Waals surface area (Å²) < 4.78 is 18.7. The molecule has 8 heteroatoms. The number of hydrogen-bond acceptors (Lipinski definition) is 5. The van der Waals surface area contributed by atoms with Crippen molar-refractivity contribution in [1.82, 2.24) is 4.90 Å². The molecule has 0 atom stereocenters. The molecule has 3 aromatic rings. The van der Waals surface area contributed by atoms with E-state index >= 15 is 0 Å². The van der Waals surface area contributed by atoms with E-state index < -0.39 is 29.4 Å². The quantitative estimate of drug-likeness (QED) is 0.589. The summed E-state index contributed by atoms with van der Waals surface area (Å²) in [4.78, 5) is 38.5. The van der Waals surface area contributed by atoms with E-state index in [2.05, 4.69) is 5.32 Å². The Morgan fingerprint density at radius 2 is 1.87 bits per heavy atom. The number of fused-ring (bicyclic) bond motifs is 1. The molecule has 3 amide bonds. The van der Waals surface area contributed by atoms with Crippen molar-refractivity contribution >= 4 is 51.4 Å². The molecule has 1 aliphatic rings. The highest BCUT2D eigenvalue weighted by molar-refractivity contribution is 8.18. The number of methoxy groups -OCH3 is 1. The van der Waals surface area contributed by atoms with Crippen LogP contribution in [0.4, 0.5) is 14.9 Å². The molecule has 0 radical (unpaired) electrons. The summed E-state index contributed by atoms with van der Waals surface area (Å²) in [5.74, 6) is -0.943. The van der Waals surface area contributed by atoms with Gasteiger partial charge in [-0.2, -0.15) is 0 Å². The van der Waals surface area contributed by atoms with Crippen molar-refractivity contribution in [3.8, 4) is 5.75 Å². The van der Waals surface area contributed by atoms with E-state index in [1.807, 2.05) is 30.3 Å². The number of benzene rings is 3. The fraction of sp³-hybridized carbons (Fsp3) is 0.0870. The lowest BCUT2D eigenvalue weighted by atomic mass is 10.0. The molecule has 0 aliphatic carbocycles. The summed E-state index contributed by atoms with van der Waals surface area (Å²) >= 11 is 0.773. The van der Waals surface area contributed by atoms with Crippen LogP contribution in [-0.4, -0.2) is 35.6 Å². The Bertz CT molecular complexity index is 1240. The summed E-state index contributed by atoms with van der Waals surface area (Å²) in [6.07, 6.45) is 1.64. The number of carbonyl (C=O) groups is 3. The van der Waals surface area contributed by atoms with Crippen molar-refractivity contribution in [3.05, 3.63) is 76.9 Å². The van der Waals surface area contributed by atoms with Gasteiger partial charge in [0.1, 0.15) is 18.1 Å². The second-order valence-electron chi connectivity index (χ2n) is 6.73. The van der Waals surface area contributed by atoms with Gasteiger partial charge in [0.2, 0.25) is 5.91 Å².